The fourth-order valence-corrected chi connectivity index (χ4v) is 15.7. The smallest absolute Gasteiger partial charge is 0.413 e. The van der Waals surface area contributed by atoms with Crippen molar-refractivity contribution in [2.75, 3.05) is 66.0 Å². The van der Waals surface area contributed by atoms with Crippen LogP contribution >= 0.6 is 34.7 Å². The van der Waals surface area contributed by atoms with Crippen LogP contribution < -0.4 is 45.1 Å². The molecule has 6 heterocycles. The molecule has 6 aromatic rings. The minimum Gasteiger partial charge on any atom is -0.497 e. The summed E-state index contributed by atoms with van der Waals surface area (Å²) in [6.07, 6.45) is 2.12. The second-order valence-corrected chi connectivity index (χ2v) is 38.3. The first-order chi connectivity index (χ1) is 48.6. The van der Waals surface area contributed by atoms with Gasteiger partial charge in [0.25, 0.3) is 17.7 Å². The average Bonchev–Trinajstić information content (AvgIpc) is 1.55. The monoisotopic (exact) mass is 1490 g/mol. The van der Waals surface area contributed by atoms with Crippen LogP contribution in [0.3, 0.4) is 0 Å². The van der Waals surface area contributed by atoms with Crippen LogP contribution in [0.4, 0.5) is 9.93 Å². The maximum atomic E-state index is 15.1. The van der Waals surface area contributed by atoms with E-state index in [1.807, 2.05) is 55.5 Å². The number of benzene rings is 4. The quantitative estimate of drug-likeness (QED) is 0.00575. The van der Waals surface area contributed by atoms with Crippen LogP contribution in [0.5, 0.6) is 28.7 Å². The predicted molar refractivity (Wildman–Crippen MR) is 395 cm³/mol. The molecule has 4 aliphatic rings. The number of nitrogens with zero attached hydrogens (tertiary/aromatic N) is 5. The molecule has 4 aliphatic heterocycles. The Kier molecular flexibility index (Phi) is 23.4. The van der Waals surface area contributed by atoms with Gasteiger partial charge in [-0.15, -0.1) is 23.1 Å². The van der Waals surface area contributed by atoms with E-state index in [1.165, 1.54) is 42.1 Å². The van der Waals surface area contributed by atoms with Gasteiger partial charge in [0.15, 0.2) is 22.3 Å². The molecule has 3 saturated heterocycles. The fourth-order valence-electron chi connectivity index (χ4n) is 12.5. The van der Waals surface area contributed by atoms with Gasteiger partial charge in [-0.05, 0) is 121 Å². The van der Waals surface area contributed by atoms with Crippen molar-refractivity contribution in [2.45, 2.75) is 161 Å². The van der Waals surface area contributed by atoms with Crippen molar-refractivity contribution in [3.63, 3.8) is 0 Å². The minimum absolute atomic E-state index is 0.0110. The van der Waals surface area contributed by atoms with Gasteiger partial charge in [0.2, 0.25) is 11.0 Å². The number of amides is 4. The molecule has 0 radical (unpaired) electrons. The SMILES string of the molecule is COc1ccc(COC(=O)C2=C(C[N+]34CCC(CNC(=O)c5cn(COCC[Si](C)(C)C)c6cc(OCc7ccc(OC)cc7)c(OCc7ccc(OC)cc7)c(Cl)c6c5=O)(CC3)C4)[C@H](C)S[C@@H]3[C@H](NC(=O)C(=NOC(C)(C)C(=O)OC(C)(C)C)c4csc(NC(=O)OC(C)(C)C)n4)C(=O)N23)cc1. The summed E-state index contributed by atoms with van der Waals surface area (Å²) in [7, 11) is 3.19. The number of anilines is 1. The molecule has 29 heteroatoms. The summed E-state index contributed by atoms with van der Waals surface area (Å²) in [6.45, 7) is 24.8. The van der Waals surface area contributed by atoms with E-state index >= 15 is 4.79 Å². The summed E-state index contributed by atoms with van der Waals surface area (Å²) in [5.74, 6) is -1.28. The van der Waals surface area contributed by atoms with Gasteiger partial charge in [-0.1, -0.05) is 72.8 Å². The molecule has 552 valence electrons. The standard InChI is InChI=1S/C74H91ClN8O17S2Si/c1-44-52(60(67(88)97-39-47-20-26-50(93-12)27-21-47)82-65(87)59(66(82)102-44)78-64(86)58(80-100-73(8,9)68(89)98-71(2,3)4)53-40-101-69(77-53)79-70(90)99-72(5,6)7)36-83-30-28-74(42-83,29-31-83)41-76-63(85)51-35-81(43-94-32-33-103(13,14)15)54-34-55(95-37-45-16-22-48(91-10)23-17-45)62(57(75)56(54)61(51)84)96-38-46-18-24-49(92-11)25-19-46/h16-27,34-35,40,44,59,66H,28-33,36-39,41-43H2,1-15H3,(H2-,76,77,78,79,85,86,90)/p+1/t44-,59+,66+,74?,83?/m0/s1. The number of quaternary nitrogens is 1. The van der Waals surface area contributed by atoms with E-state index in [9.17, 15) is 28.8 Å². The van der Waals surface area contributed by atoms with Crippen molar-refractivity contribution in [3.05, 3.63) is 145 Å². The van der Waals surface area contributed by atoms with E-state index in [-0.39, 0.29) is 77.1 Å². The van der Waals surface area contributed by atoms with Crippen molar-refractivity contribution < 1.29 is 80.7 Å². The molecular formula is C74H92ClN8O17S2Si+. The van der Waals surface area contributed by atoms with Crippen LogP contribution in [-0.4, -0.2) is 163 Å². The summed E-state index contributed by atoms with van der Waals surface area (Å²) in [6, 6.07) is 23.2. The zero-order valence-corrected chi connectivity index (χ0v) is 64.3. The predicted octanol–water partition coefficient (Wildman–Crippen LogP) is 11.6. The number of carbonyl (C=O) groups is 6. The summed E-state index contributed by atoms with van der Waals surface area (Å²) in [5.41, 5.74) is -1.69. The van der Waals surface area contributed by atoms with Crippen molar-refractivity contribution >= 4 is 100 Å². The third kappa shape index (κ3) is 18.6. The number of pyridine rings is 1. The van der Waals surface area contributed by atoms with E-state index in [1.54, 1.807) is 97.8 Å². The number of esters is 2. The molecule has 10 rings (SSSR count). The first-order valence-corrected chi connectivity index (χ1v) is 39.9. The highest BCUT2D eigenvalue weighted by Crippen LogP contribution is 2.50. The molecule has 25 nitrogen and oxygen atoms in total. The van der Waals surface area contributed by atoms with Crippen LogP contribution in [0.2, 0.25) is 30.7 Å². The molecule has 2 bridgehead atoms. The van der Waals surface area contributed by atoms with E-state index in [0.29, 0.717) is 84.0 Å². The van der Waals surface area contributed by atoms with E-state index < -0.39 is 93.9 Å². The van der Waals surface area contributed by atoms with Crippen LogP contribution in [0.1, 0.15) is 108 Å². The minimum atomic E-state index is -1.72. The van der Waals surface area contributed by atoms with Gasteiger partial charge in [0, 0.05) is 67.9 Å². The molecule has 0 unspecified atom stereocenters. The van der Waals surface area contributed by atoms with Crippen LogP contribution in [0.25, 0.3) is 10.9 Å². The highest BCUT2D eigenvalue weighted by molar-refractivity contribution is 8.00. The molecule has 103 heavy (non-hydrogen) atoms. The van der Waals surface area contributed by atoms with Gasteiger partial charge < -0.3 is 67.2 Å². The van der Waals surface area contributed by atoms with Gasteiger partial charge in [0.1, 0.15) is 89.9 Å². The van der Waals surface area contributed by atoms with E-state index in [2.05, 4.69) is 45.7 Å². The normalized spacial score (nSPS) is 19.6. The third-order valence-corrected chi connectivity index (χ3v) is 22.4. The zero-order chi connectivity index (χ0) is 74.6. The number of rotatable bonds is 29. The second-order valence-electron chi connectivity index (χ2n) is 30.0. The number of carbonyl (C=O) groups excluding carboxylic acids is 6. The Morgan fingerprint density at radius 2 is 1.38 bits per heavy atom. The Balaban J connectivity index is 0.916. The number of oxime groups is 1. The Labute approximate surface area is 613 Å². The number of thiazole rings is 1. The fraction of sp³-hybridized carbons (Fsp3) is 0.473. The zero-order valence-electron chi connectivity index (χ0n) is 61.0. The van der Waals surface area contributed by atoms with Crippen LogP contribution in [-0.2, 0) is 69.5 Å². The lowest BCUT2D eigenvalue weighted by molar-refractivity contribution is -0.905. The second kappa shape index (κ2) is 31.3. The average molecular weight is 1490 g/mol. The molecule has 3 N–H and O–H groups in total. The maximum Gasteiger partial charge on any atom is 0.413 e. The summed E-state index contributed by atoms with van der Waals surface area (Å²) < 4.78 is 54.7. The highest BCUT2D eigenvalue weighted by atomic mass is 35.5. The number of ether oxygens (including phenoxy) is 9. The lowest BCUT2D eigenvalue weighted by Crippen LogP contribution is -2.72. The number of halogens is 1. The number of methoxy groups -OCH3 is 3. The van der Waals surface area contributed by atoms with Crippen molar-refractivity contribution in [2.24, 2.45) is 10.6 Å². The summed E-state index contributed by atoms with van der Waals surface area (Å²) in [4.78, 5) is 112. The summed E-state index contributed by atoms with van der Waals surface area (Å²) >= 11 is 9.76. The first-order valence-electron chi connectivity index (χ1n) is 34.0. The number of β-lactam (4-membered cyclic amide) rings is 1. The summed E-state index contributed by atoms with van der Waals surface area (Å²) in [5, 5.41) is 13.0. The van der Waals surface area contributed by atoms with E-state index in [0.717, 1.165) is 28.5 Å². The number of thioether (sulfide) groups is 1. The molecule has 0 aliphatic carbocycles. The number of hydrogen-bond acceptors (Lipinski definition) is 21. The van der Waals surface area contributed by atoms with Crippen LogP contribution in [0.15, 0.2) is 112 Å². The van der Waals surface area contributed by atoms with Gasteiger partial charge in [-0.3, -0.25) is 29.4 Å². The first kappa shape index (κ1) is 77.0. The molecule has 0 saturated carbocycles. The Morgan fingerprint density at radius 3 is 1.95 bits per heavy atom. The maximum absolute atomic E-state index is 15.1. The van der Waals surface area contributed by atoms with Crippen LogP contribution in [0, 0.1) is 5.41 Å². The molecule has 0 spiro atoms. The molecule has 3 atom stereocenters. The Morgan fingerprint density at radius 1 is 0.796 bits per heavy atom. The topological polar surface area (TPSA) is 281 Å². The number of fused-ring (bicyclic) bond motifs is 4. The Hall–Kier alpha value is -8.67. The molecule has 2 aromatic heterocycles. The van der Waals surface area contributed by atoms with E-state index in [4.69, 9.17) is 59.1 Å². The Bertz CT molecular complexity index is 4290. The number of hydrogen-bond donors (Lipinski definition) is 3. The molecule has 3 fully saturated rings. The van der Waals surface area contributed by atoms with Gasteiger partial charge in [-0.2, -0.15) is 0 Å². The lowest BCUT2D eigenvalue weighted by Gasteiger charge is -2.51. The molecule has 4 amide bonds. The van der Waals surface area contributed by atoms with Gasteiger partial charge in [-0.25, -0.2) is 19.4 Å². The van der Waals surface area contributed by atoms with Crippen molar-refractivity contribution in [1.29, 1.82) is 0 Å². The van der Waals surface area contributed by atoms with Gasteiger partial charge in [0.05, 0.1) is 56.9 Å². The van der Waals surface area contributed by atoms with Crippen molar-refractivity contribution in [1.82, 2.24) is 25.1 Å². The lowest BCUT2D eigenvalue weighted by atomic mass is 9.84. The molecular weight excluding hydrogens is 1400 g/mol. The largest absolute Gasteiger partial charge is 0.497 e. The van der Waals surface area contributed by atoms with Gasteiger partial charge >= 0.3 is 18.0 Å². The highest BCUT2D eigenvalue weighted by Gasteiger charge is 2.60. The third-order valence-electron chi connectivity index (χ3n) is 18.1. The number of nitrogens with one attached hydrogen (secondary N) is 3. The number of aromatic nitrogens is 2. The van der Waals surface area contributed by atoms with Crippen molar-refractivity contribution in [3.8, 4) is 28.7 Å². The molecule has 4 aromatic carbocycles. The number of piperidine rings is 1.